The molecule has 128 valence electrons. The van der Waals surface area contributed by atoms with Gasteiger partial charge in [-0.1, -0.05) is 12.1 Å². The number of hydrogen-bond donors (Lipinski definition) is 2. The molecule has 1 aliphatic rings. The zero-order chi connectivity index (χ0) is 17.1. The number of nitrogens with two attached hydrogens (primary N) is 1. The number of phenols is 1. The number of nitrogen functional groups attached to an aromatic ring is 1. The van der Waals surface area contributed by atoms with Crippen molar-refractivity contribution in [3.8, 4) is 17.0 Å². The molecule has 0 spiro atoms. The van der Waals surface area contributed by atoms with Gasteiger partial charge in [0.1, 0.15) is 5.75 Å². The first-order valence-corrected chi connectivity index (χ1v) is 8.36. The number of phenolic OH excluding ortho intramolecular Hbond substituents is 1. The summed E-state index contributed by atoms with van der Waals surface area (Å²) in [6.07, 6.45) is 2.38. The maximum Gasteiger partial charge on any atom is 0.169 e. The summed E-state index contributed by atoms with van der Waals surface area (Å²) in [5.41, 5.74) is 8.32. The predicted octanol–water partition coefficient (Wildman–Crippen LogP) is 2.21. The largest absolute Gasteiger partial charge is 0.507 e. The Labute approximate surface area is 142 Å². The molecule has 1 aromatic carbocycles. The summed E-state index contributed by atoms with van der Waals surface area (Å²) in [5.74, 6) is 1.27. The van der Waals surface area contributed by atoms with Crippen LogP contribution in [0.2, 0.25) is 0 Å². The molecular formula is C18H25N5O. The number of piperidine rings is 1. The molecule has 2 heterocycles. The Morgan fingerprint density at radius 1 is 1.29 bits per heavy atom. The normalized spacial score (nSPS) is 18.1. The van der Waals surface area contributed by atoms with Gasteiger partial charge in [0, 0.05) is 25.2 Å². The van der Waals surface area contributed by atoms with Gasteiger partial charge in [0.2, 0.25) is 0 Å². The van der Waals surface area contributed by atoms with Gasteiger partial charge in [-0.2, -0.15) is 0 Å². The third-order valence-electron chi connectivity index (χ3n) is 4.46. The fraction of sp³-hybridized carbons (Fsp3) is 0.444. The lowest BCUT2D eigenvalue weighted by atomic mass is 9.97. The number of benzene rings is 1. The molecule has 0 radical (unpaired) electrons. The highest BCUT2D eigenvalue weighted by Crippen LogP contribution is 2.33. The number of aromatic hydroxyl groups is 1. The van der Waals surface area contributed by atoms with Crippen molar-refractivity contribution < 1.29 is 5.11 Å². The summed E-state index contributed by atoms with van der Waals surface area (Å²) in [6.45, 7) is 3.01. The van der Waals surface area contributed by atoms with E-state index in [9.17, 15) is 5.11 Å². The van der Waals surface area contributed by atoms with Gasteiger partial charge < -0.3 is 20.6 Å². The van der Waals surface area contributed by atoms with Crippen molar-refractivity contribution in [3.05, 3.63) is 30.3 Å². The molecule has 1 saturated heterocycles. The molecular weight excluding hydrogens is 302 g/mol. The van der Waals surface area contributed by atoms with Crippen LogP contribution < -0.4 is 10.6 Å². The standard InChI is InChI=1S/C18H25N5O/c1-22(2)11-13-6-5-9-23(12-13)16-10-15(20-21-18(16)19)14-7-3-4-8-17(14)24/h3-4,7-8,10,13,24H,5-6,9,11-12H2,1-2H3,(H2,19,21). The van der Waals surface area contributed by atoms with Crippen LogP contribution in [0.25, 0.3) is 11.3 Å². The van der Waals surface area contributed by atoms with E-state index in [0.29, 0.717) is 23.0 Å². The van der Waals surface area contributed by atoms with Gasteiger partial charge in [0.25, 0.3) is 0 Å². The van der Waals surface area contributed by atoms with Gasteiger partial charge >= 0.3 is 0 Å². The fourth-order valence-electron chi connectivity index (χ4n) is 3.42. The van der Waals surface area contributed by atoms with Crippen LogP contribution >= 0.6 is 0 Å². The SMILES string of the molecule is CN(C)CC1CCCN(c2cc(-c3ccccc3O)nnc2N)C1. The predicted molar refractivity (Wildman–Crippen MR) is 97.0 cm³/mol. The number of para-hydroxylation sites is 1. The average molecular weight is 327 g/mol. The second kappa shape index (κ2) is 7.05. The van der Waals surface area contributed by atoms with Gasteiger partial charge in [0.05, 0.1) is 11.4 Å². The van der Waals surface area contributed by atoms with Crippen molar-refractivity contribution in [3.63, 3.8) is 0 Å². The van der Waals surface area contributed by atoms with Gasteiger partial charge in [0.15, 0.2) is 5.82 Å². The van der Waals surface area contributed by atoms with E-state index in [4.69, 9.17) is 5.73 Å². The number of aromatic nitrogens is 2. The zero-order valence-corrected chi connectivity index (χ0v) is 14.3. The van der Waals surface area contributed by atoms with Crippen LogP contribution in [0.15, 0.2) is 30.3 Å². The van der Waals surface area contributed by atoms with E-state index in [2.05, 4.69) is 34.1 Å². The Morgan fingerprint density at radius 3 is 2.83 bits per heavy atom. The van der Waals surface area contributed by atoms with Crippen LogP contribution in [0.4, 0.5) is 11.5 Å². The smallest absolute Gasteiger partial charge is 0.169 e. The molecule has 24 heavy (non-hydrogen) atoms. The second-order valence-corrected chi connectivity index (χ2v) is 6.73. The van der Waals surface area contributed by atoms with E-state index in [0.717, 1.165) is 31.7 Å². The van der Waals surface area contributed by atoms with E-state index in [1.165, 1.54) is 6.42 Å². The highest BCUT2D eigenvalue weighted by molar-refractivity contribution is 5.74. The molecule has 1 aliphatic heterocycles. The minimum absolute atomic E-state index is 0.201. The Balaban J connectivity index is 1.88. The molecule has 0 aliphatic carbocycles. The van der Waals surface area contributed by atoms with Crippen LogP contribution in [-0.2, 0) is 0 Å². The quantitative estimate of drug-likeness (QED) is 0.896. The average Bonchev–Trinajstić information content (AvgIpc) is 2.56. The Hall–Kier alpha value is -2.34. The minimum Gasteiger partial charge on any atom is -0.507 e. The van der Waals surface area contributed by atoms with E-state index in [1.54, 1.807) is 12.1 Å². The van der Waals surface area contributed by atoms with Crippen LogP contribution in [0.5, 0.6) is 5.75 Å². The van der Waals surface area contributed by atoms with Crippen LogP contribution in [-0.4, -0.2) is 53.9 Å². The lowest BCUT2D eigenvalue weighted by molar-refractivity contribution is 0.292. The lowest BCUT2D eigenvalue weighted by Gasteiger charge is -2.35. The first-order chi connectivity index (χ1) is 11.5. The first-order valence-electron chi connectivity index (χ1n) is 8.36. The number of hydrogen-bond acceptors (Lipinski definition) is 6. The van der Waals surface area contributed by atoms with Crippen LogP contribution in [0.3, 0.4) is 0 Å². The van der Waals surface area contributed by atoms with Crippen LogP contribution in [0, 0.1) is 5.92 Å². The third-order valence-corrected chi connectivity index (χ3v) is 4.46. The Morgan fingerprint density at radius 2 is 2.08 bits per heavy atom. The summed E-state index contributed by atoms with van der Waals surface area (Å²) in [7, 11) is 4.22. The third kappa shape index (κ3) is 3.59. The molecule has 0 bridgehead atoms. The minimum atomic E-state index is 0.201. The van der Waals surface area contributed by atoms with Crippen molar-refractivity contribution >= 4 is 11.5 Å². The van der Waals surface area contributed by atoms with Crippen molar-refractivity contribution in [2.24, 2.45) is 5.92 Å². The maximum absolute atomic E-state index is 10.1. The van der Waals surface area contributed by atoms with Crippen molar-refractivity contribution in [1.82, 2.24) is 15.1 Å². The van der Waals surface area contributed by atoms with E-state index < -0.39 is 0 Å². The monoisotopic (exact) mass is 327 g/mol. The van der Waals surface area contributed by atoms with Crippen molar-refractivity contribution in [2.75, 3.05) is 44.4 Å². The van der Waals surface area contributed by atoms with Crippen molar-refractivity contribution in [1.29, 1.82) is 0 Å². The van der Waals surface area contributed by atoms with Gasteiger partial charge in [-0.05, 0) is 51.1 Å². The van der Waals surface area contributed by atoms with Gasteiger partial charge in [-0.25, -0.2) is 0 Å². The summed E-state index contributed by atoms with van der Waals surface area (Å²) in [4.78, 5) is 4.53. The maximum atomic E-state index is 10.1. The summed E-state index contributed by atoms with van der Waals surface area (Å²) >= 11 is 0. The molecule has 1 unspecified atom stereocenters. The molecule has 6 nitrogen and oxygen atoms in total. The topological polar surface area (TPSA) is 78.5 Å². The molecule has 2 aromatic rings. The number of rotatable bonds is 4. The Bertz CT molecular complexity index is 704. The van der Waals surface area contributed by atoms with Gasteiger partial charge in [-0.3, -0.25) is 0 Å². The van der Waals surface area contributed by atoms with E-state index >= 15 is 0 Å². The molecule has 1 aromatic heterocycles. The molecule has 6 heteroatoms. The molecule has 1 atom stereocenters. The summed E-state index contributed by atoms with van der Waals surface area (Å²) < 4.78 is 0. The first kappa shape index (κ1) is 16.5. The fourth-order valence-corrected chi connectivity index (χ4v) is 3.42. The van der Waals surface area contributed by atoms with E-state index in [1.807, 2.05) is 18.2 Å². The van der Waals surface area contributed by atoms with Crippen molar-refractivity contribution in [2.45, 2.75) is 12.8 Å². The highest BCUT2D eigenvalue weighted by Gasteiger charge is 2.23. The zero-order valence-electron chi connectivity index (χ0n) is 14.3. The second-order valence-electron chi connectivity index (χ2n) is 6.73. The highest BCUT2D eigenvalue weighted by atomic mass is 16.3. The van der Waals surface area contributed by atoms with E-state index in [-0.39, 0.29) is 5.75 Å². The number of anilines is 2. The molecule has 3 rings (SSSR count). The summed E-state index contributed by atoms with van der Waals surface area (Å²) in [5, 5.41) is 18.3. The Kier molecular flexibility index (Phi) is 4.85. The molecule has 0 amide bonds. The van der Waals surface area contributed by atoms with Gasteiger partial charge in [-0.15, -0.1) is 10.2 Å². The molecule has 1 fully saturated rings. The lowest BCUT2D eigenvalue weighted by Crippen LogP contribution is -2.39. The number of nitrogens with zero attached hydrogens (tertiary/aromatic N) is 4. The van der Waals surface area contributed by atoms with Crippen LogP contribution in [0.1, 0.15) is 12.8 Å². The summed E-state index contributed by atoms with van der Waals surface area (Å²) in [6, 6.07) is 9.10. The molecule has 0 saturated carbocycles. The molecule has 3 N–H and O–H groups in total.